The maximum atomic E-state index is 12.4. The van der Waals surface area contributed by atoms with Crippen molar-refractivity contribution in [2.45, 2.75) is 37.6 Å². The van der Waals surface area contributed by atoms with E-state index in [2.05, 4.69) is 39.6 Å². The fourth-order valence-electron chi connectivity index (χ4n) is 3.59. The maximum absolute atomic E-state index is 12.4. The number of carbonyl (C=O) groups excluding carboxylic acids is 1. The quantitative estimate of drug-likeness (QED) is 0.792. The van der Waals surface area contributed by atoms with Crippen LogP contribution < -0.4 is 19.7 Å². The second kappa shape index (κ2) is 8.04. The molecule has 1 atom stereocenters. The first-order chi connectivity index (χ1) is 13.6. The second-order valence-electron chi connectivity index (χ2n) is 7.44. The van der Waals surface area contributed by atoms with Gasteiger partial charge in [0.25, 0.3) is 0 Å². The summed E-state index contributed by atoms with van der Waals surface area (Å²) in [7, 11) is 3.13. The molecule has 0 spiro atoms. The first-order valence-corrected chi connectivity index (χ1v) is 9.75. The average molecular weight is 382 g/mol. The molecule has 2 aliphatic rings. The van der Waals surface area contributed by atoms with Gasteiger partial charge in [0, 0.05) is 19.1 Å². The van der Waals surface area contributed by atoms with Gasteiger partial charge in [-0.3, -0.25) is 4.79 Å². The van der Waals surface area contributed by atoms with Crippen molar-refractivity contribution in [1.29, 1.82) is 0 Å². The maximum Gasteiger partial charge on any atom is 0.232 e. The summed E-state index contributed by atoms with van der Waals surface area (Å²) >= 11 is 0. The number of methoxy groups -OCH3 is 2. The molecule has 0 bridgehead atoms. The van der Waals surface area contributed by atoms with Gasteiger partial charge in [0.2, 0.25) is 23.6 Å². The van der Waals surface area contributed by atoms with Gasteiger partial charge < -0.3 is 19.7 Å². The topological polar surface area (TPSA) is 76.6 Å². The normalized spacial score (nSPS) is 18.8. The Balaban J connectivity index is 1.32. The van der Waals surface area contributed by atoms with Crippen LogP contribution in [0.2, 0.25) is 0 Å². The van der Waals surface area contributed by atoms with E-state index in [1.54, 1.807) is 20.3 Å². The number of nitrogens with one attached hydrogen (secondary N) is 1. The molecule has 0 radical (unpaired) electrons. The van der Waals surface area contributed by atoms with Gasteiger partial charge in [-0.05, 0) is 36.3 Å². The van der Waals surface area contributed by atoms with Crippen LogP contribution in [0.25, 0.3) is 0 Å². The van der Waals surface area contributed by atoms with E-state index in [1.165, 1.54) is 18.4 Å². The average Bonchev–Trinajstić information content (AvgIpc) is 3.47. The Morgan fingerprint density at radius 1 is 1.11 bits per heavy atom. The van der Waals surface area contributed by atoms with E-state index in [0.717, 1.165) is 24.4 Å². The van der Waals surface area contributed by atoms with Gasteiger partial charge in [-0.1, -0.05) is 24.3 Å². The zero-order chi connectivity index (χ0) is 19.5. The summed E-state index contributed by atoms with van der Waals surface area (Å²) in [5.74, 6) is 2.27. The molecule has 148 valence electrons. The Bertz CT molecular complexity index is 814. The Morgan fingerprint density at radius 2 is 1.79 bits per heavy atom. The summed E-state index contributed by atoms with van der Waals surface area (Å²) in [4.78, 5) is 23.3. The van der Waals surface area contributed by atoms with E-state index in [9.17, 15) is 4.79 Å². The number of nitrogens with zero attached hydrogens (tertiary/aromatic N) is 3. The van der Waals surface area contributed by atoms with E-state index in [-0.39, 0.29) is 11.9 Å². The van der Waals surface area contributed by atoms with Crippen LogP contribution in [0.3, 0.4) is 0 Å². The minimum atomic E-state index is 0.0511. The molecular formula is C21H26N4O3. The standard InChI is InChI=1S/C21H26N4O3/c1-27-19-12-20(28-2)24-21(23-19)25-10-9-17(13-25)22-18(26)11-14-3-5-15(6-4-14)16-7-8-16/h3-6,12,16-17H,7-11,13H2,1-2H3,(H,22,26)/t17-/m1/s1. The van der Waals surface area contributed by atoms with Crippen molar-refractivity contribution >= 4 is 11.9 Å². The van der Waals surface area contributed by atoms with Crippen LogP contribution in [-0.2, 0) is 11.2 Å². The molecule has 1 N–H and O–H groups in total. The number of benzene rings is 1. The summed E-state index contributed by atoms with van der Waals surface area (Å²) in [6.45, 7) is 1.44. The summed E-state index contributed by atoms with van der Waals surface area (Å²) in [6, 6.07) is 10.2. The number of carbonyl (C=O) groups is 1. The highest BCUT2D eigenvalue weighted by Crippen LogP contribution is 2.39. The van der Waals surface area contributed by atoms with Crippen molar-refractivity contribution < 1.29 is 14.3 Å². The lowest BCUT2D eigenvalue weighted by atomic mass is 10.1. The third kappa shape index (κ3) is 4.35. The first kappa shape index (κ1) is 18.5. The molecule has 1 aromatic carbocycles. The molecule has 7 heteroatoms. The molecule has 2 heterocycles. The van der Waals surface area contributed by atoms with Gasteiger partial charge in [-0.25, -0.2) is 0 Å². The third-order valence-electron chi connectivity index (χ3n) is 5.31. The van der Waals surface area contributed by atoms with Gasteiger partial charge in [0.05, 0.1) is 26.7 Å². The highest BCUT2D eigenvalue weighted by atomic mass is 16.5. The Labute approximate surface area is 165 Å². The lowest BCUT2D eigenvalue weighted by Crippen LogP contribution is -2.38. The van der Waals surface area contributed by atoms with E-state index in [1.807, 2.05) is 4.90 Å². The molecule has 4 rings (SSSR count). The van der Waals surface area contributed by atoms with Crippen molar-refractivity contribution in [3.8, 4) is 11.8 Å². The van der Waals surface area contributed by atoms with Crippen molar-refractivity contribution in [1.82, 2.24) is 15.3 Å². The van der Waals surface area contributed by atoms with Crippen LogP contribution in [0, 0.1) is 0 Å². The molecule has 1 saturated carbocycles. The van der Waals surface area contributed by atoms with Gasteiger partial charge in [-0.15, -0.1) is 0 Å². The van der Waals surface area contributed by atoms with Gasteiger partial charge in [0.1, 0.15) is 0 Å². The zero-order valence-corrected chi connectivity index (χ0v) is 16.4. The van der Waals surface area contributed by atoms with Crippen LogP contribution in [0.5, 0.6) is 11.8 Å². The second-order valence-corrected chi connectivity index (χ2v) is 7.44. The summed E-state index contributed by atoms with van der Waals surface area (Å²) in [5, 5.41) is 3.14. The molecule has 1 aliphatic carbocycles. The number of ether oxygens (including phenoxy) is 2. The summed E-state index contributed by atoms with van der Waals surface area (Å²) in [5.41, 5.74) is 2.45. The Hall–Kier alpha value is -2.83. The fraction of sp³-hybridized carbons (Fsp3) is 0.476. The highest BCUT2D eigenvalue weighted by Gasteiger charge is 2.27. The summed E-state index contributed by atoms with van der Waals surface area (Å²) in [6.07, 6.45) is 3.85. The molecule has 1 aromatic heterocycles. The zero-order valence-electron chi connectivity index (χ0n) is 16.4. The number of hydrogen-bond donors (Lipinski definition) is 1. The van der Waals surface area contributed by atoms with E-state index < -0.39 is 0 Å². The van der Waals surface area contributed by atoms with Crippen LogP contribution in [-0.4, -0.2) is 49.2 Å². The van der Waals surface area contributed by atoms with E-state index in [0.29, 0.717) is 30.7 Å². The minimum Gasteiger partial charge on any atom is -0.481 e. The Kier molecular flexibility index (Phi) is 5.32. The van der Waals surface area contributed by atoms with Crippen LogP contribution in [0.1, 0.15) is 36.3 Å². The fourth-order valence-corrected chi connectivity index (χ4v) is 3.59. The molecular weight excluding hydrogens is 356 g/mol. The van der Waals surface area contributed by atoms with Crippen molar-refractivity contribution in [3.63, 3.8) is 0 Å². The molecule has 7 nitrogen and oxygen atoms in total. The molecule has 2 aromatic rings. The van der Waals surface area contributed by atoms with Crippen LogP contribution in [0.15, 0.2) is 30.3 Å². The molecule has 2 fully saturated rings. The molecule has 1 aliphatic heterocycles. The van der Waals surface area contributed by atoms with Crippen LogP contribution in [0.4, 0.5) is 5.95 Å². The smallest absolute Gasteiger partial charge is 0.232 e. The third-order valence-corrected chi connectivity index (χ3v) is 5.31. The molecule has 28 heavy (non-hydrogen) atoms. The molecule has 1 saturated heterocycles. The van der Waals surface area contributed by atoms with E-state index >= 15 is 0 Å². The number of anilines is 1. The van der Waals surface area contributed by atoms with Gasteiger partial charge in [-0.2, -0.15) is 9.97 Å². The lowest BCUT2D eigenvalue weighted by molar-refractivity contribution is -0.121. The largest absolute Gasteiger partial charge is 0.481 e. The van der Waals surface area contributed by atoms with Crippen molar-refractivity contribution in [3.05, 3.63) is 41.5 Å². The number of aromatic nitrogens is 2. The van der Waals surface area contributed by atoms with Gasteiger partial charge >= 0.3 is 0 Å². The predicted octanol–water partition coefficient (Wildman–Crippen LogP) is 2.31. The highest BCUT2D eigenvalue weighted by molar-refractivity contribution is 5.79. The number of rotatable bonds is 7. The van der Waals surface area contributed by atoms with Gasteiger partial charge in [0.15, 0.2) is 0 Å². The monoisotopic (exact) mass is 382 g/mol. The van der Waals surface area contributed by atoms with Crippen LogP contribution >= 0.6 is 0 Å². The lowest BCUT2D eigenvalue weighted by Gasteiger charge is -2.18. The molecule has 0 unspecified atom stereocenters. The SMILES string of the molecule is COc1cc(OC)nc(N2CC[C@@H](NC(=O)Cc3ccc(C4CC4)cc3)C2)n1. The van der Waals surface area contributed by atoms with Crippen molar-refractivity contribution in [2.75, 3.05) is 32.2 Å². The van der Waals surface area contributed by atoms with Crippen molar-refractivity contribution in [2.24, 2.45) is 0 Å². The first-order valence-electron chi connectivity index (χ1n) is 9.75. The Morgan fingerprint density at radius 3 is 2.39 bits per heavy atom. The predicted molar refractivity (Wildman–Crippen MR) is 106 cm³/mol. The summed E-state index contributed by atoms with van der Waals surface area (Å²) < 4.78 is 10.4. The number of hydrogen-bond acceptors (Lipinski definition) is 6. The molecule has 1 amide bonds. The number of amides is 1. The van der Waals surface area contributed by atoms with E-state index in [4.69, 9.17) is 9.47 Å². The minimum absolute atomic E-state index is 0.0511.